The van der Waals surface area contributed by atoms with Crippen LogP contribution in [0.3, 0.4) is 0 Å². The molecule has 0 spiro atoms. The number of benzene rings is 2. The monoisotopic (exact) mass is 299 g/mol. The predicted molar refractivity (Wildman–Crippen MR) is 83.8 cm³/mol. The third-order valence-electron chi connectivity index (χ3n) is 3.29. The van der Waals surface area contributed by atoms with Gasteiger partial charge in [0.1, 0.15) is 17.3 Å². The number of carbonyl (C=O) groups is 1. The molecular formula is C16H13NO3S. The second-order valence-corrected chi connectivity index (χ2v) is 5.11. The van der Waals surface area contributed by atoms with E-state index in [0.29, 0.717) is 16.4 Å². The van der Waals surface area contributed by atoms with Gasteiger partial charge in [-0.05, 0) is 17.7 Å². The average molecular weight is 299 g/mol. The molecule has 0 radical (unpaired) electrons. The third kappa shape index (κ3) is 2.60. The molecule has 0 saturated carbocycles. The van der Waals surface area contributed by atoms with Gasteiger partial charge in [0, 0.05) is 0 Å². The Hall–Kier alpha value is -2.40. The normalized spacial score (nSPS) is 17.0. The molecular weight excluding hydrogens is 286 g/mol. The fourth-order valence-electron chi connectivity index (χ4n) is 2.35. The van der Waals surface area contributed by atoms with E-state index >= 15 is 0 Å². The van der Waals surface area contributed by atoms with Crippen LogP contribution < -0.4 is 9.64 Å². The average Bonchev–Trinajstić information content (AvgIpc) is 2.50. The zero-order valence-corrected chi connectivity index (χ0v) is 11.9. The maximum absolute atomic E-state index is 11.1. The topological polar surface area (TPSA) is 49.8 Å². The fourth-order valence-corrected chi connectivity index (χ4v) is 2.70. The predicted octanol–water partition coefficient (Wildman–Crippen LogP) is 3.04. The van der Waals surface area contributed by atoms with E-state index in [4.69, 9.17) is 22.1 Å². The van der Waals surface area contributed by atoms with Crippen molar-refractivity contribution in [3.63, 3.8) is 0 Å². The van der Waals surface area contributed by atoms with Crippen molar-refractivity contribution >= 4 is 28.9 Å². The molecule has 1 N–H and O–H groups in total. The van der Waals surface area contributed by atoms with Crippen molar-refractivity contribution in [3.8, 4) is 5.75 Å². The van der Waals surface area contributed by atoms with Gasteiger partial charge in [-0.3, -0.25) is 4.79 Å². The zero-order chi connectivity index (χ0) is 14.8. The van der Waals surface area contributed by atoms with E-state index in [-0.39, 0.29) is 6.54 Å². The number of fused-ring (bicyclic) bond motifs is 1. The van der Waals surface area contributed by atoms with Crippen molar-refractivity contribution in [3.05, 3.63) is 60.2 Å². The van der Waals surface area contributed by atoms with Crippen LogP contribution in [0.1, 0.15) is 11.7 Å². The number of para-hydroxylation sites is 2. The van der Waals surface area contributed by atoms with Crippen LogP contribution in [0.25, 0.3) is 0 Å². The van der Waals surface area contributed by atoms with Crippen molar-refractivity contribution in [1.82, 2.24) is 0 Å². The molecule has 0 bridgehead atoms. The Kier molecular flexibility index (Phi) is 3.58. The van der Waals surface area contributed by atoms with Crippen LogP contribution in [0.2, 0.25) is 0 Å². The van der Waals surface area contributed by atoms with Crippen molar-refractivity contribution in [2.45, 2.75) is 6.10 Å². The van der Waals surface area contributed by atoms with Crippen molar-refractivity contribution in [1.29, 1.82) is 0 Å². The molecule has 3 rings (SSSR count). The summed E-state index contributed by atoms with van der Waals surface area (Å²) in [6, 6.07) is 16.9. The lowest BCUT2D eigenvalue weighted by molar-refractivity contribution is -0.135. The molecule has 1 atom stereocenters. The Bertz CT molecular complexity index is 687. The van der Waals surface area contributed by atoms with Gasteiger partial charge < -0.3 is 14.7 Å². The van der Waals surface area contributed by atoms with Gasteiger partial charge in [0.15, 0.2) is 6.10 Å². The first kappa shape index (κ1) is 13.6. The summed E-state index contributed by atoms with van der Waals surface area (Å²) in [7, 11) is 0. The quantitative estimate of drug-likeness (QED) is 0.883. The second kappa shape index (κ2) is 5.54. The number of ether oxygens (including phenoxy) is 1. The maximum Gasteiger partial charge on any atom is 0.323 e. The summed E-state index contributed by atoms with van der Waals surface area (Å²) in [6.45, 7) is -0.178. The molecule has 4 nitrogen and oxygen atoms in total. The van der Waals surface area contributed by atoms with Gasteiger partial charge in [0.05, 0.1) is 5.69 Å². The van der Waals surface area contributed by atoms with Gasteiger partial charge in [0.2, 0.25) is 0 Å². The van der Waals surface area contributed by atoms with Gasteiger partial charge in [-0.25, -0.2) is 0 Å². The van der Waals surface area contributed by atoms with Crippen LogP contribution in [-0.4, -0.2) is 22.6 Å². The molecule has 5 heteroatoms. The standard InChI is InChI=1S/C16H13NO3S/c18-14(19)10-17-12-8-4-5-9-13(12)20-15(16(17)21)11-6-2-1-3-7-11/h1-9,15H,10H2,(H,18,19). The first-order valence-electron chi connectivity index (χ1n) is 6.50. The molecule has 2 aromatic carbocycles. The Morgan fingerprint density at radius 1 is 1.14 bits per heavy atom. The highest BCUT2D eigenvalue weighted by atomic mass is 32.1. The van der Waals surface area contributed by atoms with Gasteiger partial charge >= 0.3 is 5.97 Å². The number of hydrogen-bond donors (Lipinski definition) is 1. The van der Waals surface area contributed by atoms with Gasteiger partial charge in [-0.1, -0.05) is 54.7 Å². The molecule has 1 heterocycles. The van der Waals surface area contributed by atoms with Crippen molar-refractivity contribution in [2.24, 2.45) is 0 Å². The molecule has 0 amide bonds. The second-order valence-electron chi connectivity index (χ2n) is 4.69. The Morgan fingerprint density at radius 2 is 1.81 bits per heavy atom. The molecule has 2 aromatic rings. The highest BCUT2D eigenvalue weighted by Gasteiger charge is 2.32. The summed E-state index contributed by atoms with van der Waals surface area (Å²) < 4.78 is 5.97. The number of nitrogens with zero attached hydrogens (tertiary/aromatic N) is 1. The van der Waals surface area contributed by atoms with Gasteiger partial charge in [0.25, 0.3) is 0 Å². The number of thiocarbonyl (C=S) groups is 1. The number of carboxylic acids is 1. The number of carboxylic acid groups (broad SMARTS) is 1. The number of aliphatic carboxylic acids is 1. The molecule has 21 heavy (non-hydrogen) atoms. The smallest absolute Gasteiger partial charge is 0.323 e. The lowest BCUT2D eigenvalue weighted by Crippen LogP contribution is -2.42. The number of hydrogen-bond acceptors (Lipinski definition) is 3. The molecule has 0 aliphatic carbocycles. The lowest BCUT2D eigenvalue weighted by Gasteiger charge is -2.36. The van der Waals surface area contributed by atoms with Gasteiger partial charge in [-0.2, -0.15) is 0 Å². The minimum atomic E-state index is -0.930. The van der Waals surface area contributed by atoms with Crippen molar-refractivity contribution in [2.75, 3.05) is 11.4 Å². The minimum Gasteiger partial charge on any atom is -0.480 e. The van der Waals surface area contributed by atoms with Crippen LogP contribution in [0.4, 0.5) is 5.69 Å². The number of anilines is 1. The first-order chi connectivity index (χ1) is 10.2. The summed E-state index contributed by atoms with van der Waals surface area (Å²) >= 11 is 5.46. The molecule has 1 unspecified atom stereocenters. The Labute approximate surface area is 127 Å². The van der Waals surface area contributed by atoms with E-state index in [1.54, 1.807) is 4.90 Å². The minimum absolute atomic E-state index is 0.178. The molecule has 0 fully saturated rings. The maximum atomic E-state index is 11.1. The number of rotatable bonds is 3. The first-order valence-corrected chi connectivity index (χ1v) is 6.91. The van der Waals surface area contributed by atoms with E-state index < -0.39 is 12.1 Å². The lowest BCUT2D eigenvalue weighted by atomic mass is 10.1. The van der Waals surface area contributed by atoms with Gasteiger partial charge in [-0.15, -0.1) is 0 Å². The van der Waals surface area contributed by atoms with E-state index in [2.05, 4.69) is 0 Å². The van der Waals surface area contributed by atoms with Crippen LogP contribution in [0, 0.1) is 0 Å². The van der Waals surface area contributed by atoms with Crippen LogP contribution in [0.5, 0.6) is 5.75 Å². The highest BCUT2D eigenvalue weighted by Crippen LogP contribution is 2.39. The molecule has 0 saturated heterocycles. The van der Waals surface area contributed by atoms with E-state index in [1.165, 1.54) is 0 Å². The van der Waals surface area contributed by atoms with Crippen LogP contribution >= 0.6 is 12.2 Å². The van der Waals surface area contributed by atoms with E-state index in [0.717, 1.165) is 5.56 Å². The summed E-state index contributed by atoms with van der Waals surface area (Å²) in [5, 5.41) is 9.12. The summed E-state index contributed by atoms with van der Waals surface area (Å²) in [4.78, 5) is 13.2. The van der Waals surface area contributed by atoms with E-state index in [9.17, 15) is 4.79 Å². The molecule has 106 valence electrons. The Morgan fingerprint density at radius 3 is 2.52 bits per heavy atom. The van der Waals surface area contributed by atoms with Crippen LogP contribution in [0.15, 0.2) is 54.6 Å². The summed E-state index contributed by atoms with van der Waals surface area (Å²) in [5.41, 5.74) is 1.60. The summed E-state index contributed by atoms with van der Waals surface area (Å²) in [6.07, 6.45) is -0.449. The van der Waals surface area contributed by atoms with Crippen molar-refractivity contribution < 1.29 is 14.6 Å². The molecule has 1 aliphatic rings. The Balaban J connectivity index is 2.04. The molecule has 0 aromatic heterocycles. The third-order valence-corrected chi connectivity index (χ3v) is 3.72. The highest BCUT2D eigenvalue weighted by molar-refractivity contribution is 7.80. The van der Waals surface area contributed by atoms with E-state index in [1.807, 2.05) is 54.6 Å². The SMILES string of the molecule is O=C(O)CN1C(=S)C(c2ccccc2)Oc2ccccc21. The van der Waals surface area contributed by atoms with Crippen LogP contribution in [-0.2, 0) is 4.79 Å². The fraction of sp³-hybridized carbons (Fsp3) is 0.125. The summed E-state index contributed by atoms with van der Waals surface area (Å²) in [5.74, 6) is -0.290. The zero-order valence-electron chi connectivity index (χ0n) is 11.1. The molecule has 1 aliphatic heterocycles. The largest absolute Gasteiger partial charge is 0.480 e.